The number of anilines is 1. The number of nitrogens with one attached hydrogen (secondary N) is 1. The molecule has 39 heavy (non-hydrogen) atoms. The van der Waals surface area contributed by atoms with Gasteiger partial charge in [0.05, 0.1) is 11.9 Å². The van der Waals surface area contributed by atoms with Gasteiger partial charge in [-0.25, -0.2) is 8.42 Å². The Morgan fingerprint density at radius 3 is 2.49 bits per heavy atom. The van der Waals surface area contributed by atoms with E-state index in [4.69, 9.17) is 21.1 Å². The van der Waals surface area contributed by atoms with Crippen LogP contribution in [0.15, 0.2) is 42.5 Å². The number of benzene rings is 2. The Labute approximate surface area is 235 Å². The Bertz CT molecular complexity index is 1280. The number of nitrogens with zero attached hydrogens (tertiary/aromatic N) is 2. The summed E-state index contributed by atoms with van der Waals surface area (Å²) < 4.78 is 37.7. The molecule has 0 radical (unpaired) electrons. The first-order chi connectivity index (χ1) is 18.6. The summed E-state index contributed by atoms with van der Waals surface area (Å²) in [7, 11) is -3.63. The Balaban J connectivity index is 1.45. The molecule has 1 N–H and O–H groups in total. The van der Waals surface area contributed by atoms with Gasteiger partial charge in [0.25, 0.3) is 0 Å². The minimum atomic E-state index is -3.63. The van der Waals surface area contributed by atoms with Crippen LogP contribution in [0.2, 0.25) is 5.02 Å². The molecule has 212 valence electrons. The summed E-state index contributed by atoms with van der Waals surface area (Å²) in [6.07, 6.45) is 5.53. The lowest BCUT2D eigenvalue weighted by Crippen LogP contribution is -2.49. The van der Waals surface area contributed by atoms with Crippen molar-refractivity contribution in [2.24, 2.45) is 0 Å². The van der Waals surface area contributed by atoms with Gasteiger partial charge >= 0.3 is 0 Å². The topological polar surface area (TPSA) is 105 Å². The minimum absolute atomic E-state index is 0.0676. The number of fused-ring (bicyclic) bond motifs is 1. The fourth-order valence-corrected chi connectivity index (χ4v) is 6.17. The van der Waals surface area contributed by atoms with Crippen molar-refractivity contribution in [2.45, 2.75) is 64.1 Å². The monoisotopic (exact) mass is 577 g/mol. The van der Waals surface area contributed by atoms with E-state index in [0.29, 0.717) is 35.4 Å². The van der Waals surface area contributed by atoms with Crippen molar-refractivity contribution in [1.29, 1.82) is 0 Å². The first-order valence-corrected chi connectivity index (χ1v) is 15.6. The third-order valence-corrected chi connectivity index (χ3v) is 8.51. The average Bonchev–Trinajstić information content (AvgIpc) is 3.41. The predicted octanol–water partition coefficient (Wildman–Crippen LogP) is 4.13. The molecule has 2 aromatic carbocycles. The Hall–Kier alpha value is -2.98. The molecule has 0 bridgehead atoms. The van der Waals surface area contributed by atoms with Crippen molar-refractivity contribution in [3.8, 4) is 11.5 Å². The highest BCUT2D eigenvalue weighted by molar-refractivity contribution is 7.92. The Morgan fingerprint density at radius 1 is 1.08 bits per heavy atom. The third kappa shape index (κ3) is 7.79. The number of ether oxygens (including phenoxy) is 2. The molecular formula is C28H36ClN3O6S. The van der Waals surface area contributed by atoms with Crippen LogP contribution in [0.1, 0.15) is 51.0 Å². The van der Waals surface area contributed by atoms with E-state index < -0.39 is 16.1 Å². The van der Waals surface area contributed by atoms with Crippen LogP contribution >= 0.6 is 11.6 Å². The number of amides is 2. The van der Waals surface area contributed by atoms with Gasteiger partial charge in [0, 0.05) is 36.6 Å². The fraction of sp³-hybridized carbons (Fsp3) is 0.500. The summed E-state index contributed by atoms with van der Waals surface area (Å²) in [5.41, 5.74) is 1.25. The van der Waals surface area contributed by atoms with E-state index in [1.807, 2.05) is 6.07 Å². The van der Waals surface area contributed by atoms with E-state index in [-0.39, 0.29) is 43.8 Å². The fourth-order valence-electron chi connectivity index (χ4n) is 5.00. The summed E-state index contributed by atoms with van der Waals surface area (Å²) in [5.74, 6) is 0.624. The second-order valence-corrected chi connectivity index (χ2v) is 12.4. The minimum Gasteiger partial charge on any atom is -0.486 e. The highest BCUT2D eigenvalue weighted by atomic mass is 35.5. The number of hydrogen-bond donors (Lipinski definition) is 1. The molecule has 1 heterocycles. The number of halogens is 1. The highest BCUT2D eigenvalue weighted by Gasteiger charge is 2.29. The number of sulfonamides is 1. The number of hydrogen-bond acceptors (Lipinski definition) is 6. The van der Waals surface area contributed by atoms with Crippen LogP contribution < -0.4 is 19.1 Å². The first kappa shape index (κ1) is 29.0. The second-order valence-electron chi connectivity index (χ2n) is 10.1. The standard InChI is InChI=1S/C28H36ClN3O6S/c1-20(28(34)30-23-9-3-4-10-23)31(19-21-7-5-8-22(29)17-21)27(33)11-6-14-32(39(2,35)36)24-12-13-25-26(18-24)38-16-15-37-25/h5,7-8,12-13,17-18,20,23H,3-4,6,9-11,14-16,19H2,1-2H3,(H,30,34)/t20-/m1/s1. The van der Waals surface area contributed by atoms with Crippen LogP contribution in [-0.4, -0.2) is 63.2 Å². The first-order valence-electron chi connectivity index (χ1n) is 13.3. The summed E-state index contributed by atoms with van der Waals surface area (Å²) in [4.78, 5) is 28.1. The quantitative estimate of drug-likeness (QED) is 0.430. The molecule has 1 atom stereocenters. The van der Waals surface area contributed by atoms with Gasteiger partial charge in [-0.1, -0.05) is 36.6 Å². The zero-order chi connectivity index (χ0) is 28.0. The molecular weight excluding hydrogens is 542 g/mol. The molecule has 2 amide bonds. The van der Waals surface area contributed by atoms with Gasteiger partial charge in [-0.15, -0.1) is 0 Å². The lowest BCUT2D eigenvalue weighted by Gasteiger charge is -2.30. The van der Waals surface area contributed by atoms with E-state index in [0.717, 1.165) is 37.5 Å². The van der Waals surface area contributed by atoms with Gasteiger partial charge in [-0.2, -0.15) is 0 Å². The summed E-state index contributed by atoms with van der Waals surface area (Å²) in [6, 6.07) is 11.6. The molecule has 9 nitrogen and oxygen atoms in total. The number of carbonyl (C=O) groups is 2. The maximum Gasteiger partial charge on any atom is 0.242 e. The molecule has 1 aliphatic heterocycles. The third-order valence-electron chi connectivity index (χ3n) is 7.08. The molecule has 1 saturated carbocycles. The van der Waals surface area contributed by atoms with E-state index in [9.17, 15) is 18.0 Å². The van der Waals surface area contributed by atoms with Crippen molar-refractivity contribution >= 4 is 39.1 Å². The van der Waals surface area contributed by atoms with E-state index in [1.54, 1.807) is 48.2 Å². The molecule has 1 fully saturated rings. The molecule has 4 rings (SSSR count). The van der Waals surface area contributed by atoms with Gasteiger partial charge in [0.2, 0.25) is 21.8 Å². The summed E-state index contributed by atoms with van der Waals surface area (Å²) >= 11 is 6.17. The van der Waals surface area contributed by atoms with Crippen molar-refractivity contribution in [2.75, 3.05) is 30.3 Å². The zero-order valence-corrected chi connectivity index (χ0v) is 24.0. The molecule has 0 spiro atoms. The maximum atomic E-state index is 13.5. The van der Waals surface area contributed by atoms with Crippen molar-refractivity contribution in [3.63, 3.8) is 0 Å². The van der Waals surface area contributed by atoms with Crippen LogP contribution in [-0.2, 0) is 26.2 Å². The molecule has 2 aliphatic rings. The second kappa shape index (κ2) is 12.9. The largest absolute Gasteiger partial charge is 0.486 e. The lowest BCUT2D eigenvalue weighted by atomic mass is 10.1. The lowest BCUT2D eigenvalue weighted by molar-refractivity contribution is -0.141. The SMILES string of the molecule is C[C@H](C(=O)NC1CCCC1)N(Cc1cccc(Cl)c1)C(=O)CCCN(c1ccc2c(c1)OCCO2)S(C)(=O)=O. The van der Waals surface area contributed by atoms with E-state index in [2.05, 4.69) is 5.32 Å². The maximum absolute atomic E-state index is 13.5. The Morgan fingerprint density at radius 2 is 1.79 bits per heavy atom. The average molecular weight is 578 g/mol. The van der Waals surface area contributed by atoms with Gasteiger partial charge < -0.3 is 19.7 Å². The predicted molar refractivity (Wildman–Crippen MR) is 151 cm³/mol. The summed E-state index contributed by atoms with van der Waals surface area (Å²) in [6.45, 7) is 2.87. The molecule has 0 aromatic heterocycles. The molecule has 2 aromatic rings. The highest BCUT2D eigenvalue weighted by Crippen LogP contribution is 2.34. The smallest absolute Gasteiger partial charge is 0.242 e. The van der Waals surface area contributed by atoms with Gasteiger partial charge in [0.1, 0.15) is 19.3 Å². The normalized spacial score (nSPS) is 16.0. The van der Waals surface area contributed by atoms with Crippen LogP contribution in [0, 0.1) is 0 Å². The van der Waals surface area contributed by atoms with Crippen LogP contribution in [0.3, 0.4) is 0 Å². The number of carbonyl (C=O) groups excluding carboxylic acids is 2. The molecule has 1 aliphatic carbocycles. The van der Waals surface area contributed by atoms with Crippen LogP contribution in [0.4, 0.5) is 5.69 Å². The molecule has 0 unspecified atom stereocenters. The van der Waals surface area contributed by atoms with E-state index >= 15 is 0 Å². The van der Waals surface area contributed by atoms with Gasteiger partial charge in [-0.05, 0) is 56.0 Å². The van der Waals surface area contributed by atoms with Crippen molar-refractivity contribution in [3.05, 3.63) is 53.1 Å². The molecule has 0 saturated heterocycles. The van der Waals surface area contributed by atoms with Gasteiger partial charge in [-0.3, -0.25) is 13.9 Å². The summed E-state index contributed by atoms with van der Waals surface area (Å²) in [5, 5.41) is 3.63. The van der Waals surface area contributed by atoms with Crippen molar-refractivity contribution in [1.82, 2.24) is 10.2 Å². The molecule has 11 heteroatoms. The van der Waals surface area contributed by atoms with Crippen LogP contribution in [0.25, 0.3) is 0 Å². The van der Waals surface area contributed by atoms with Crippen molar-refractivity contribution < 1.29 is 27.5 Å². The number of rotatable bonds is 11. The van der Waals surface area contributed by atoms with Crippen LogP contribution in [0.5, 0.6) is 11.5 Å². The zero-order valence-electron chi connectivity index (χ0n) is 22.4. The Kier molecular flexibility index (Phi) is 9.61. The van der Waals surface area contributed by atoms with Gasteiger partial charge in [0.15, 0.2) is 11.5 Å². The van der Waals surface area contributed by atoms with E-state index in [1.165, 1.54) is 4.31 Å².